The summed E-state index contributed by atoms with van der Waals surface area (Å²) in [7, 11) is 4.10. The fourth-order valence-corrected chi connectivity index (χ4v) is 5.87. The largest absolute Gasteiger partial charge is 0.494 e. The van der Waals surface area contributed by atoms with Gasteiger partial charge in [0, 0.05) is 67.3 Å². The van der Waals surface area contributed by atoms with Gasteiger partial charge in [-0.25, -0.2) is 0 Å². The molecule has 0 aliphatic carbocycles. The van der Waals surface area contributed by atoms with Crippen LogP contribution >= 0.6 is 22.6 Å². The van der Waals surface area contributed by atoms with Crippen molar-refractivity contribution in [3.05, 3.63) is 51.1 Å². The highest BCUT2D eigenvalue weighted by molar-refractivity contribution is 14.1. The third kappa shape index (κ3) is 6.87. The van der Waals surface area contributed by atoms with Crippen LogP contribution in [0, 0.1) is 17.4 Å². The standard InChI is InChI=1S/C18H29BN2O2.C12H17IN2/c1-14-13-15(19-22-17(2,3)18(4,5)23-19)7-8-16(14)21-11-9-20(6)10-12-21;1-10-9-11(13)3-4-12(10)15-7-5-14(2)6-8-15/h7-8,13H,9-12H2,1-6H3;3-4,9H,5-8H2,1-2H3. The van der Waals surface area contributed by atoms with E-state index in [1.54, 1.807) is 0 Å². The molecule has 3 aliphatic heterocycles. The summed E-state index contributed by atoms with van der Waals surface area (Å²) in [6.45, 7) is 21.8. The van der Waals surface area contributed by atoms with Gasteiger partial charge in [0.25, 0.3) is 0 Å². The zero-order chi connectivity index (χ0) is 27.7. The lowest BCUT2D eigenvalue weighted by atomic mass is 9.78. The third-order valence-electron chi connectivity index (χ3n) is 8.59. The topological polar surface area (TPSA) is 31.4 Å². The second-order valence-corrected chi connectivity index (χ2v) is 13.4. The predicted molar refractivity (Wildman–Crippen MR) is 170 cm³/mol. The normalized spacial score (nSPS) is 21.9. The minimum absolute atomic E-state index is 0.278. The van der Waals surface area contributed by atoms with Crippen LogP contribution in [0.3, 0.4) is 0 Å². The van der Waals surface area contributed by atoms with Crippen LogP contribution < -0.4 is 15.3 Å². The summed E-state index contributed by atoms with van der Waals surface area (Å²) >= 11 is 2.37. The molecule has 0 amide bonds. The average Bonchev–Trinajstić information content (AvgIpc) is 3.08. The summed E-state index contributed by atoms with van der Waals surface area (Å²) in [4.78, 5) is 9.73. The number of likely N-dealkylation sites (N-methyl/N-ethyl adjacent to an activating group) is 2. The quantitative estimate of drug-likeness (QED) is 0.369. The molecule has 0 bridgehead atoms. The first kappa shape index (κ1) is 29.7. The Morgan fingerprint density at radius 3 is 1.50 bits per heavy atom. The van der Waals surface area contributed by atoms with Gasteiger partial charge >= 0.3 is 7.12 Å². The smallest absolute Gasteiger partial charge is 0.399 e. The van der Waals surface area contributed by atoms with E-state index in [2.05, 4.69) is 134 Å². The molecule has 2 aromatic rings. The zero-order valence-corrected chi connectivity index (χ0v) is 26.8. The maximum Gasteiger partial charge on any atom is 0.494 e. The lowest BCUT2D eigenvalue weighted by Crippen LogP contribution is -2.45. The number of hydrogen-bond donors (Lipinski definition) is 0. The lowest BCUT2D eigenvalue weighted by Gasteiger charge is -2.35. The van der Waals surface area contributed by atoms with Crippen molar-refractivity contribution in [3.8, 4) is 0 Å². The number of anilines is 2. The van der Waals surface area contributed by atoms with E-state index in [0.717, 1.165) is 44.7 Å². The van der Waals surface area contributed by atoms with Crippen molar-refractivity contribution < 1.29 is 9.31 Å². The third-order valence-corrected chi connectivity index (χ3v) is 9.26. The fourth-order valence-electron chi connectivity index (χ4n) is 5.23. The highest BCUT2D eigenvalue weighted by Gasteiger charge is 2.51. The monoisotopic (exact) mass is 632 g/mol. The summed E-state index contributed by atoms with van der Waals surface area (Å²) < 4.78 is 13.6. The van der Waals surface area contributed by atoms with Crippen LogP contribution in [0.25, 0.3) is 0 Å². The SMILES string of the molecule is Cc1cc(B2OC(C)(C)C(C)(C)O2)ccc1N1CCN(C)CC1.Cc1cc(I)ccc1N1CCN(C)CC1. The molecule has 0 unspecified atom stereocenters. The van der Waals surface area contributed by atoms with Gasteiger partial charge in [0.05, 0.1) is 11.2 Å². The van der Waals surface area contributed by atoms with Gasteiger partial charge in [0.2, 0.25) is 0 Å². The molecule has 0 N–H and O–H groups in total. The van der Waals surface area contributed by atoms with Gasteiger partial charge in [-0.3, -0.25) is 0 Å². The van der Waals surface area contributed by atoms with Crippen molar-refractivity contribution in [1.82, 2.24) is 9.80 Å². The summed E-state index contributed by atoms with van der Waals surface area (Å²) in [5.41, 5.74) is 5.96. The Bertz CT molecular complexity index is 1080. The Kier molecular flexibility index (Phi) is 9.40. The van der Waals surface area contributed by atoms with Crippen LogP contribution in [0.1, 0.15) is 38.8 Å². The first-order valence-corrected chi connectivity index (χ1v) is 15.0. The minimum atomic E-state index is -0.290. The summed E-state index contributed by atoms with van der Waals surface area (Å²) in [6.07, 6.45) is 0. The van der Waals surface area contributed by atoms with E-state index < -0.39 is 0 Å². The number of rotatable bonds is 3. The first-order chi connectivity index (χ1) is 17.9. The molecule has 6 nitrogen and oxygen atoms in total. The molecule has 2 aromatic carbocycles. The highest BCUT2D eigenvalue weighted by atomic mass is 127. The van der Waals surface area contributed by atoms with Crippen LogP contribution in [0.5, 0.6) is 0 Å². The van der Waals surface area contributed by atoms with Gasteiger partial charge < -0.3 is 28.9 Å². The molecule has 3 aliphatic rings. The zero-order valence-electron chi connectivity index (χ0n) is 24.7. The number of nitrogens with zero attached hydrogens (tertiary/aromatic N) is 4. The number of aryl methyl sites for hydroxylation is 2. The van der Waals surface area contributed by atoms with Crippen molar-refractivity contribution in [2.75, 3.05) is 76.3 Å². The molecule has 0 spiro atoms. The van der Waals surface area contributed by atoms with Crippen molar-refractivity contribution in [1.29, 1.82) is 0 Å². The van der Waals surface area contributed by atoms with Crippen molar-refractivity contribution in [3.63, 3.8) is 0 Å². The number of halogens is 1. The maximum absolute atomic E-state index is 6.16. The van der Waals surface area contributed by atoms with Crippen LogP contribution in [0.4, 0.5) is 11.4 Å². The van der Waals surface area contributed by atoms with E-state index in [0.29, 0.717) is 0 Å². The Labute approximate surface area is 244 Å². The predicted octanol–water partition coefficient (Wildman–Crippen LogP) is 4.40. The van der Waals surface area contributed by atoms with Gasteiger partial charge in [0.1, 0.15) is 0 Å². The summed E-state index contributed by atoms with van der Waals surface area (Å²) in [5, 5.41) is 0. The number of benzene rings is 2. The van der Waals surface area contributed by atoms with Gasteiger partial charge in [-0.2, -0.15) is 0 Å². The Morgan fingerprint density at radius 2 is 1.08 bits per heavy atom. The molecule has 0 aromatic heterocycles. The summed E-state index contributed by atoms with van der Waals surface area (Å²) in [6, 6.07) is 13.3. The molecule has 0 saturated carbocycles. The van der Waals surface area contributed by atoms with Crippen LogP contribution in [0.15, 0.2) is 36.4 Å². The summed E-state index contributed by atoms with van der Waals surface area (Å²) in [5.74, 6) is 0. The second kappa shape index (κ2) is 12.0. The molecule has 5 rings (SSSR count). The molecule has 3 saturated heterocycles. The molecule has 3 fully saturated rings. The van der Waals surface area contributed by atoms with Crippen molar-refractivity contribution in [2.24, 2.45) is 0 Å². The molecular weight excluding hydrogens is 586 g/mol. The second-order valence-electron chi connectivity index (χ2n) is 12.1. The Morgan fingerprint density at radius 1 is 0.658 bits per heavy atom. The first-order valence-electron chi connectivity index (χ1n) is 14.0. The molecular formula is C30H46BIN4O2. The average molecular weight is 632 g/mol. The van der Waals surface area contributed by atoms with E-state index in [-0.39, 0.29) is 18.3 Å². The van der Waals surface area contributed by atoms with Gasteiger partial charge in [0.15, 0.2) is 0 Å². The number of piperazine rings is 2. The Balaban J connectivity index is 0.000000194. The molecule has 208 valence electrons. The van der Waals surface area contributed by atoms with E-state index >= 15 is 0 Å². The van der Waals surface area contributed by atoms with Crippen LogP contribution in [-0.4, -0.2) is 94.6 Å². The van der Waals surface area contributed by atoms with E-state index in [9.17, 15) is 0 Å². The molecule has 38 heavy (non-hydrogen) atoms. The van der Waals surface area contributed by atoms with Crippen molar-refractivity contribution in [2.45, 2.75) is 52.7 Å². The Hall–Kier alpha value is -1.33. The van der Waals surface area contributed by atoms with Crippen LogP contribution in [0.2, 0.25) is 0 Å². The van der Waals surface area contributed by atoms with E-state index in [1.165, 1.54) is 39.2 Å². The van der Waals surface area contributed by atoms with E-state index in [1.807, 2.05) is 0 Å². The molecule has 0 radical (unpaired) electrons. The maximum atomic E-state index is 6.16. The fraction of sp³-hybridized carbons (Fsp3) is 0.600. The van der Waals surface area contributed by atoms with Crippen LogP contribution in [-0.2, 0) is 9.31 Å². The highest BCUT2D eigenvalue weighted by Crippen LogP contribution is 2.36. The minimum Gasteiger partial charge on any atom is -0.399 e. The molecule has 8 heteroatoms. The molecule has 3 heterocycles. The number of hydrogen-bond acceptors (Lipinski definition) is 6. The molecule has 0 atom stereocenters. The van der Waals surface area contributed by atoms with Gasteiger partial charge in [-0.15, -0.1) is 0 Å². The van der Waals surface area contributed by atoms with Gasteiger partial charge in [-0.1, -0.05) is 12.1 Å². The van der Waals surface area contributed by atoms with Crippen molar-refractivity contribution >= 4 is 46.5 Å². The van der Waals surface area contributed by atoms with Gasteiger partial charge in [-0.05, 0) is 119 Å². The lowest BCUT2D eigenvalue weighted by molar-refractivity contribution is 0.00578. The van der Waals surface area contributed by atoms with E-state index in [4.69, 9.17) is 9.31 Å².